The number of nitrogens with zero attached hydrogens (tertiary/aromatic N) is 2. The molecule has 3 aromatic rings. The van der Waals surface area contributed by atoms with Crippen LogP contribution < -0.4 is 0 Å². The van der Waals surface area contributed by atoms with E-state index < -0.39 is 0 Å². The summed E-state index contributed by atoms with van der Waals surface area (Å²) in [5.74, 6) is -0.286. The van der Waals surface area contributed by atoms with Crippen molar-refractivity contribution in [1.29, 1.82) is 0 Å². The summed E-state index contributed by atoms with van der Waals surface area (Å²) in [6.07, 6.45) is 2.05. The molecule has 1 atom stereocenters. The Kier molecular flexibility index (Phi) is 4.08. The Morgan fingerprint density at radius 3 is 3.00 bits per heavy atom. The van der Waals surface area contributed by atoms with Gasteiger partial charge >= 0.3 is 5.97 Å². The maximum Gasteiger partial charge on any atom is 0.348 e. The standard InChI is InChI=1S/C18H18N2O3S/c1-12-15-10-16(18(21)23-11-14-8-5-9-22-14)24-17(15)20(19-12)13-6-3-2-4-7-13/h2-4,6-7,10,14H,5,8-9,11H2,1H3/t14-/m1/s1. The van der Waals surface area contributed by atoms with Gasteiger partial charge in [0, 0.05) is 12.0 Å². The normalized spacial score (nSPS) is 17.5. The molecule has 1 fully saturated rings. The Hall–Kier alpha value is -2.18. The number of aromatic nitrogens is 2. The van der Waals surface area contributed by atoms with Gasteiger partial charge in [-0.15, -0.1) is 11.3 Å². The fraction of sp³-hybridized carbons (Fsp3) is 0.333. The summed E-state index contributed by atoms with van der Waals surface area (Å²) in [7, 11) is 0. The van der Waals surface area contributed by atoms with E-state index in [0.29, 0.717) is 11.5 Å². The molecular weight excluding hydrogens is 324 g/mol. The van der Waals surface area contributed by atoms with Gasteiger partial charge < -0.3 is 9.47 Å². The Labute approximate surface area is 143 Å². The predicted octanol–water partition coefficient (Wildman–Crippen LogP) is 3.73. The van der Waals surface area contributed by atoms with E-state index in [1.54, 1.807) is 0 Å². The van der Waals surface area contributed by atoms with Gasteiger partial charge in [0.1, 0.15) is 16.3 Å². The summed E-state index contributed by atoms with van der Waals surface area (Å²) >= 11 is 1.42. The van der Waals surface area contributed by atoms with Crippen LogP contribution in [0.5, 0.6) is 0 Å². The zero-order valence-corrected chi connectivity index (χ0v) is 14.2. The molecule has 0 spiro atoms. The molecular formula is C18H18N2O3S. The maximum absolute atomic E-state index is 12.3. The first-order valence-electron chi connectivity index (χ1n) is 8.05. The van der Waals surface area contributed by atoms with Gasteiger partial charge in [-0.25, -0.2) is 9.48 Å². The molecule has 0 N–H and O–H groups in total. The highest BCUT2D eigenvalue weighted by Gasteiger charge is 2.21. The molecule has 0 unspecified atom stereocenters. The second-order valence-electron chi connectivity index (χ2n) is 5.90. The number of carbonyl (C=O) groups excluding carboxylic acids is 1. The van der Waals surface area contributed by atoms with Gasteiger partial charge in [-0.05, 0) is 38.0 Å². The van der Waals surface area contributed by atoms with Gasteiger partial charge in [0.05, 0.1) is 17.5 Å². The number of esters is 1. The van der Waals surface area contributed by atoms with Gasteiger partial charge in [-0.1, -0.05) is 18.2 Å². The topological polar surface area (TPSA) is 53.4 Å². The molecule has 24 heavy (non-hydrogen) atoms. The van der Waals surface area contributed by atoms with Crippen LogP contribution in [0.15, 0.2) is 36.4 Å². The number of para-hydroxylation sites is 1. The summed E-state index contributed by atoms with van der Waals surface area (Å²) in [6.45, 7) is 3.05. The number of rotatable bonds is 4. The third-order valence-electron chi connectivity index (χ3n) is 4.17. The van der Waals surface area contributed by atoms with Crippen LogP contribution in [-0.2, 0) is 9.47 Å². The highest BCUT2D eigenvalue weighted by atomic mass is 32.1. The Bertz CT molecular complexity index is 863. The van der Waals surface area contributed by atoms with E-state index in [0.717, 1.165) is 41.0 Å². The fourth-order valence-corrected chi connectivity index (χ4v) is 3.98. The summed E-state index contributed by atoms with van der Waals surface area (Å²) in [6, 6.07) is 11.8. The quantitative estimate of drug-likeness (QED) is 0.678. The molecule has 0 amide bonds. The van der Waals surface area contributed by atoms with Gasteiger partial charge in [-0.3, -0.25) is 0 Å². The second kappa shape index (κ2) is 6.37. The van der Waals surface area contributed by atoms with E-state index in [1.165, 1.54) is 11.3 Å². The number of carbonyl (C=O) groups is 1. The minimum atomic E-state index is -0.286. The van der Waals surface area contributed by atoms with Crippen LogP contribution in [0, 0.1) is 6.92 Å². The molecule has 1 saturated heterocycles. The van der Waals surface area contributed by atoms with Gasteiger partial charge in [0.25, 0.3) is 0 Å². The van der Waals surface area contributed by atoms with Crippen molar-refractivity contribution in [3.63, 3.8) is 0 Å². The molecule has 0 radical (unpaired) electrons. The molecule has 1 aliphatic rings. The lowest BCUT2D eigenvalue weighted by Gasteiger charge is -2.09. The molecule has 3 heterocycles. The zero-order chi connectivity index (χ0) is 16.5. The number of thiophene rings is 1. The number of fused-ring (bicyclic) bond motifs is 1. The smallest absolute Gasteiger partial charge is 0.348 e. The lowest BCUT2D eigenvalue weighted by atomic mass is 10.2. The molecule has 5 nitrogen and oxygen atoms in total. The van der Waals surface area contributed by atoms with Crippen LogP contribution in [0.25, 0.3) is 15.9 Å². The van der Waals surface area contributed by atoms with Crippen molar-refractivity contribution < 1.29 is 14.3 Å². The van der Waals surface area contributed by atoms with Crippen molar-refractivity contribution in [3.8, 4) is 5.69 Å². The lowest BCUT2D eigenvalue weighted by Crippen LogP contribution is -2.17. The average molecular weight is 342 g/mol. The molecule has 4 rings (SSSR count). The SMILES string of the molecule is Cc1nn(-c2ccccc2)c2sc(C(=O)OC[C@H]3CCCO3)cc12. The Balaban J connectivity index is 1.60. The van der Waals surface area contributed by atoms with Crippen molar-refractivity contribution in [3.05, 3.63) is 47.0 Å². The van der Waals surface area contributed by atoms with Crippen LogP contribution in [0.1, 0.15) is 28.2 Å². The van der Waals surface area contributed by atoms with Crippen molar-refractivity contribution in [2.45, 2.75) is 25.9 Å². The number of hydrogen-bond acceptors (Lipinski definition) is 5. The van der Waals surface area contributed by atoms with Crippen molar-refractivity contribution in [2.75, 3.05) is 13.2 Å². The highest BCUT2D eigenvalue weighted by Crippen LogP contribution is 2.30. The van der Waals surface area contributed by atoms with E-state index in [-0.39, 0.29) is 12.1 Å². The molecule has 0 aliphatic carbocycles. The van der Waals surface area contributed by atoms with Crippen LogP contribution in [0.3, 0.4) is 0 Å². The van der Waals surface area contributed by atoms with Crippen LogP contribution in [0.4, 0.5) is 0 Å². The van der Waals surface area contributed by atoms with E-state index in [9.17, 15) is 4.79 Å². The minimum absolute atomic E-state index is 0.0462. The van der Waals surface area contributed by atoms with Crippen LogP contribution in [0.2, 0.25) is 0 Å². The minimum Gasteiger partial charge on any atom is -0.459 e. The van der Waals surface area contributed by atoms with E-state index in [2.05, 4.69) is 5.10 Å². The number of benzene rings is 1. The summed E-state index contributed by atoms with van der Waals surface area (Å²) in [5.41, 5.74) is 1.89. The lowest BCUT2D eigenvalue weighted by molar-refractivity contribution is 0.0165. The third-order valence-corrected chi connectivity index (χ3v) is 5.26. The molecule has 2 aromatic heterocycles. The van der Waals surface area contributed by atoms with Gasteiger partial charge in [0.2, 0.25) is 0 Å². The zero-order valence-electron chi connectivity index (χ0n) is 13.4. The first kappa shape index (κ1) is 15.4. The van der Waals surface area contributed by atoms with Gasteiger partial charge in [-0.2, -0.15) is 5.10 Å². The van der Waals surface area contributed by atoms with E-state index in [4.69, 9.17) is 9.47 Å². The van der Waals surface area contributed by atoms with Crippen LogP contribution in [-0.4, -0.2) is 35.1 Å². The molecule has 1 aliphatic heterocycles. The molecule has 0 bridgehead atoms. The van der Waals surface area contributed by atoms with Gasteiger partial charge in [0.15, 0.2) is 0 Å². The Morgan fingerprint density at radius 2 is 2.25 bits per heavy atom. The third kappa shape index (κ3) is 2.83. The number of aryl methyl sites for hydroxylation is 1. The number of hydrogen-bond donors (Lipinski definition) is 0. The first-order valence-corrected chi connectivity index (χ1v) is 8.87. The maximum atomic E-state index is 12.3. The predicted molar refractivity (Wildman–Crippen MR) is 92.9 cm³/mol. The van der Waals surface area contributed by atoms with Crippen molar-refractivity contribution >= 4 is 27.5 Å². The largest absolute Gasteiger partial charge is 0.459 e. The highest BCUT2D eigenvalue weighted by molar-refractivity contribution is 7.20. The molecule has 1 aromatic carbocycles. The van der Waals surface area contributed by atoms with Crippen molar-refractivity contribution in [2.24, 2.45) is 0 Å². The van der Waals surface area contributed by atoms with E-state index >= 15 is 0 Å². The monoisotopic (exact) mass is 342 g/mol. The average Bonchev–Trinajstić information content (AvgIpc) is 3.32. The molecule has 0 saturated carbocycles. The first-order chi connectivity index (χ1) is 11.7. The summed E-state index contributed by atoms with van der Waals surface area (Å²) in [4.78, 5) is 13.9. The molecule has 124 valence electrons. The van der Waals surface area contributed by atoms with Crippen LogP contribution >= 0.6 is 11.3 Å². The Morgan fingerprint density at radius 1 is 1.42 bits per heavy atom. The molecule has 6 heteroatoms. The second-order valence-corrected chi connectivity index (χ2v) is 6.93. The van der Waals surface area contributed by atoms with E-state index in [1.807, 2.05) is 48.0 Å². The number of ether oxygens (including phenoxy) is 2. The fourth-order valence-electron chi connectivity index (χ4n) is 2.91. The van der Waals surface area contributed by atoms with Crippen molar-refractivity contribution in [1.82, 2.24) is 9.78 Å². The summed E-state index contributed by atoms with van der Waals surface area (Å²) < 4.78 is 12.8. The summed E-state index contributed by atoms with van der Waals surface area (Å²) in [5, 5.41) is 5.58.